The van der Waals surface area contributed by atoms with Crippen LogP contribution in [0.1, 0.15) is 67.8 Å². The highest BCUT2D eigenvalue weighted by Crippen LogP contribution is 2.42. The van der Waals surface area contributed by atoms with Gasteiger partial charge in [-0.1, -0.05) is 12.8 Å². The minimum absolute atomic E-state index is 0.209. The van der Waals surface area contributed by atoms with Crippen molar-refractivity contribution in [3.63, 3.8) is 0 Å². The molecule has 1 aliphatic carbocycles. The lowest BCUT2D eigenvalue weighted by Crippen LogP contribution is -2.39. The molecule has 0 aromatic carbocycles. The van der Waals surface area contributed by atoms with E-state index in [9.17, 15) is 4.79 Å². The van der Waals surface area contributed by atoms with Gasteiger partial charge in [-0.3, -0.25) is 4.79 Å². The van der Waals surface area contributed by atoms with Crippen LogP contribution in [0.5, 0.6) is 0 Å². The molecule has 2 heterocycles. The summed E-state index contributed by atoms with van der Waals surface area (Å²) in [6.45, 7) is 6.15. The molecule has 0 unspecified atom stereocenters. The van der Waals surface area contributed by atoms with Gasteiger partial charge in [0.15, 0.2) is 0 Å². The number of aryl methyl sites for hydroxylation is 1. The van der Waals surface area contributed by atoms with Gasteiger partial charge in [0, 0.05) is 36.6 Å². The number of nitrogens with one attached hydrogen (secondary N) is 1. The van der Waals surface area contributed by atoms with E-state index in [0.29, 0.717) is 24.3 Å². The fourth-order valence-electron chi connectivity index (χ4n) is 3.43. The molecule has 1 aliphatic heterocycles. The standard InChI is InChI=1S/C18H29N3OS/c1-13(11-16(22)21-9-5-3-4-6-10-21)20-17(15-7-8-15)18-19-12-14(2)23-18/h12-13,15,17,20H,3-11H2,1-2H3/t13-,17-/m0/s1. The Morgan fingerprint density at radius 3 is 2.61 bits per heavy atom. The molecule has 1 saturated heterocycles. The molecule has 2 atom stereocenters. The lowest BCUT2D eigenvalue weighted by Gasteiger charge is -2.25. The van der Waals surface area contributed by atoms with Crippen LogP contribution in [-0.2, 0) is 4.79 Å². The molecule has 0 bridgehead atoms. The van der Waals surface area contributed by atoms with Crippen molar-refractivity contribution in [2.75, 3.05) is 13.1 Å². The summed E-state index contributed by atoms with van der Waals surface area (Å²) in [6, 6.07) is 0.543. The average Bonchev–Trinajstić information content (AvgIpc) is 3.31. The molecule has 5 heteroatoms. The fraction of sp³-hybridized carbons (Fsp3) is 0.778. The van der Waals surface area contributed by atoms with Crippen LogP contribution in [0, 0.1) is 12.8 Å². The normalized spacial score (nSPS) is 21.7. The fourth-order valence-corrected chi connectivity index (χ4v) is 4.36. The Balaban J connectivity index is 1.54. The van der Waals surface area contributed by atoms with Crippen molar-refractivity contribution in [2.24, 2.45) is 5.92 Å². The van der Waals surface area contributed by atoms with E-state index in [1.807, 2.05) is 6.20 Å². The maximum atomic E-state index is 12.5. The quantitative estimate of drug-likeness (QED) is 0.862. The third-order valence-corrected chi connectivity index (χ3v) is 5.90. The van der Waals surface area contributed by atoms with Crippen LogP contribution < -0.4 is 5.32 Å². The van der Waals surface area contributed by atoms with Crippen molar-refractivity contribution in [3.8, 4) is 0 Å². The van der Waals surface area contributed by atoms with Crippen LogP contribution in [0.4, 0.5) is 0 Å². The summed E-state index contributed by atoms with van der Waals surface area (Å²) >= 11 is 1.79. The molecule has 0 spiro atoms. The van der Waals surface area contributed by atoms with E-state index in [2.05, 4.69) is 29.0 Å². The van der Waals surface area contributed by atoms with Gasteiger partial charge in [-0.15, -0.1) is 11.3 Å². The highest BCUT2D eigenvalue weighted by Gasteiger charge is 2.35. The van der Waals surface area contributed by atoms with E-state index in [4.69, 9.17) is 0 Å². The minimum atomic E-state index is 0.209. The molecule has 1 aromatic rings. The number of likely N-dealkylation sites (tertiary alicyclic amines) is 1. The first-order valence-corrected chi connectivity index (χ1v) is 9.91. The van der Waals surface area contributed by atoms with E-state index in [1.165, 1.54) is 35.6 Å². The molecule has 0 radical (unpaired) electrons. The molecule has 4 nitrogen and oxygen atoms in total. The van der Waals surface area contributed by atoms with Crippen molar-refractivity contribution in [3.05, 3.63) is 16.1 Å². The van der Waals surface area contributed by atoms with Crippen LogP contribution in [-0.4, -0.2) is 34.9 Å². The summed E-state index contributed by atoms with van der Waals surface area (Å²) in [5.41, 5.74) is 0. The van der Waals surface area contributed by atoms with E-state index in [-0.39, 0.29) is 6.04 Å². The van der Waals surface area contributed by atoms with Gasteiger partial charge in [0.2, 0.25) is 5.91 Å². The first kappa shape index (κ1) is 16.9. The summed E-state index contributed by atoms with van der Waals surface area (Å²) in [5.74, 6) is 1.02. The highest BCUT2D eigenvalue weighted by atomic mass is 32.1. The first-order chi connectivity index (χ1) is 11.1. The predicted molar refractivity (Wildman–Crippen MR) is 94.6 cm³/mol. The van der Waals surface area contributed by atoms with Gasteiger partial charge >= 0.3 is 0 Å². The second kappa shape index (κ2) is 7.75. The summed E-state index contributed by atoms with van der Waals surface area (Å²) in [5, 5.41) is 4.89. The zero-order chi connectivity index (χ0) is 16.2. The second-order valence-corrected chi connectivity index (χ2v) is 8.46. The second-order valence-electron chi connectivity index (χ2n) is 7.19. The first-order valence-electron chi connectivity index (χ1n) is 9.09. The number of thiazole rings is 1. The third-order valence-electron chi connectivity index (χ3n) is 4.90. The molecule has 23 heavy (non-hydrogen) atoms. The van der Waals surface area contributed by atoms with Gasteiger partial charge in [-0.25, -0.2) is 4.98 Å². The number of hydrogen-bond acceptors (Lipinski definition) is 4. The van der Waals surface area contributed by atoms with Crippen molar-refractivity contribution < 1.29 is 4.79 Å². The number of rotatable bonds is 6. The van der Waals surface area contributed by atoms with E-state index in [1.54, 1.807) is 11.3 Å². The Kier molecular flexibility index (Phi) is 5.70. The zero-order valence-electron chi connectivity index (χ0n) is 14.4. The lowest BCUT2D eigenvalue weighted by atomic mass is 10.1. The maximum Gasteiger partial charge on any atom is 0.224 e. The molecule has 1 aromatic heterocycles. The highest BCUT2D eigenvalue weighted by molar-refractivity contribution is 7.11. The number of carbonyl (C=O) groups excluding carboxylic acids is 1. The van der Waals surface area contributed by atoms with Gasteiger partial charge in [-0.05, 0) is 45.4 Å². The van der Waals surface area contributed by atoms with Gasteiger partial charge < -0.3 is 10.2 Å². The molecule has 1 amide bonds. The number of amides is 1. The van der Waals surface area contributed by atoms with Crippen molar-refractivity contribution in [1.82, 2.24) is 15.2 Å². The Morgan fingerprint density at radius 1 is 1.35 bits per heavy atom. The van der Waals surface area contributed by atoms with Crippen LogP contribution in [0.15, 0.2) is 6.20 Å². The molecule has 2 fully saturated rings. The predicted octanol–water partition coefficient (Wildman–Crippen LogP) is 3.67. The van der Waals surface area contributed by atoms with Crippen LogP contribution in [0.25, 0.3) is 0 Å². The molecular formula is C18H29N3OS. The lowest BCUT2D eigenvalue weighted by molar-refractivity contribution is -0.131. The van der Waals surface area contributed by atoms with Gasteiger partial charge in [0.25, 0.3) is 0 Å². The monoisotopic (exact) mass is 335 g/mol. The number of nitrogens with zero attached hydrogens (tertiary/aromatic N) is 2. The summed E-state index contributed by atoms with van der Waals surface area (Å²) in [7, 11) is 0. The molecular weight excluding hydrogens is 306 g/mol. The summed E-state index contributed by atoms with van der Waals surface area (Å²) < 4.78 is 0. The molecule has 2 aliphatic rings. The summed E-state index contributed by atoms with van der Waals surface area (Å²) in [4.78, 5) is 20.5. The Hall–Kier alpha value is -0.940. The SMILES string of the molecule is Cc1cnc([C@@H](N[C@@H](C)CC(=O)N2CCCCCC2)C2CC2)s1. The number of hydrogen-bond donors (Lipinski definition) is 1. The van der Waals surface area contributed by atoms with Gasteiger partial charge in [0.05, 0.1) is 6.04 Å². The third kappa shape index (κ3) is 4.77. The summed E-state index contributed by atoms with van der Waals surface area (Å²) in [6.07, 6.45) is 9.99. The van der Waals surface area contributed by atoms with Gasteiger partial charge in [0.1, 0.15) is 5.01 Å². The minimum Gasteiger partial charge on any atom is -0.343 e. The zero-order valence-corrected chi connectivity index (χ0v) is 15.2. The molecule has 3 rings (SSSR count). The van der Waals surface area contributed by atoms with E-state index < -0.39 is 0 Å². The van der Waals surface area contributed by atoms with E-state index in [0.717, 1.165) is 25.9 Å². The van der Waals surface area contributed by atoms with E-state index >= 15 is 0 Å². The van der Waals surface area contributed by atoms with Crippen molar-refractivity contribution >= 4 is 17.2 Å². The maximum absolute atomic E-state index is 12.5. The number of carbonyl (C=O) groups is 1. The molecule has 1 N–H and O–H groups in total. The van der Waals surface area contributed by atoms with Crippen LogP contribution in [0.3, 0.4) is 0 Å². The van der Waals surface area contributed by atoms with Crippen LogP contribution >= 0.6 is 11.3 Å². The largest absolute Gasteiger partial charge is 0.343 e. The molecule has 128 valence electrons. The number of aromatic nitrogens is 1. The Bertz CT molecular complexity index is 518. The Morgan fingerprint density at radius 2 is 2.04 bits per heavy atom. The van der Waals surface area contributed by atoms with Crippen molar-refractivity contribution in [2.45, 2.75) is 70.9 Å². The van der Waals surface area contributed by atoms with Crippen molar-refractivity contribution in [1.29, 1.82) is 0 Å². The van der Waals surface area contributed by atoms with Crippen LogP contribution in [0.2, 0.25) is 0 Å². The smallest absolute Gasteiger partial charge is 0.224 e. The Labute approximate surface area is 143 Å². The average molecular weight is 336 g/mol. The topological polar surface area (TPSA) is 45.2 Å². The molecule has 1 saturated carbocycles. The van der Waals surface area contributed by atoms with Gasteiger partial charge in [-0.2, -0.15) is 0 Å².